The second-order valence-electron chi connectivity index (χ2n) is 8.75. The van der Waals surface area contributed by atoms with Gasteiger partial charge >= 0.3 is 6.18 Å². The number of aromatic amines is 1. The number of fused-ring (bicyclic) bond motifs is 1. The molecule has 0 aromatic carbocycles. The Hall–Kier alpha value is -3.95. The number of halogens is 3. The predicted octanol–water partition coefficient (Wildman–Crippen LogP) is 5.22. The minimum absolute atomic E-state index is 0.102. The summed E-state index contributed by atoms with van der Waals surface area (Å²) in [7, 11) is 0. The lowest BCUT2D eigenvalue weighted by atomic mass is 9.98. The van der Waals surface area contributed by atoms with Crippen LogP contribution in [0.1, 0.15) is 53.4 Å². The molecule has 0 saturated heterocycles. The minimum atomic E-state index is -4.47. The smallest absolute Gasteiger partial charge is 0.346 e. The van der Waals surface area contributed by atoms with Crippen molar-refractivity contribution in [3.8, 4) is 5.82 Å². The van der Waals surface area contributed by atoms with Gasteiger partial charge in [-0.2, -0.15) is 18.3 Å². The lowest BCUT2D eigenvalue weighted by Crippen LogP contribution is -2.35. The van der Waals surface area contributed by atoms with Crippen LogP contribution in [-0.4, -0.2) is 48.6 Å². The summed E-state index contributed by atoms with van der Waals surface area (Å²) in [6.07, 6.45) is 4.21. The van der Waals surface area contributed by atoms with Crippen LogP contribution < -0.4 is 0 Å². The molecule has 0 atom stereocenters. The van der Waals surface area contributed by atoms with Crippen molar-refractivity contribution in [3.63, 3.8) is 0 Å². The molecule has 5 rings (SSSR count). The summed E-state index contributed by atoms with van der Waals surface area (Å²) in [6.45, 7) is 4.81. The first-order valence-corrected chi connectivity index (χ1v) is 11.3. The lowest BCUT2D eigenvalue weighted by Gasteiger charge is -2.27. The second kappa shape index (κ2) is 8.68. The first kappa shape index (κ1) is 22.8. The molecular formula is C25H23F3N6O. The molecule has 0 bridgehead atoms. The number of alkyl halides is 3. The van der Waals surface area contributed by atoms with E-state index in [1.54, 1.807) is 11.1 Å². The van der Waals surface area contributed by atoms with Gasteiger partial charge in [0.2, 0.25) is 0 Å². The highest BCUT2D eigenvalue weighted by Crippen LogP contribution is 2.31. The second-order valence-corrected chi connectivity index (χ2v) is 8.75. The highest BCUT2D eigenvalue weighted by molar-refractivity contribution is 5.96. The van der Waals surface area contributed by atoms with Gasteiger partial charge in [0.05, 0.1) is 23.0 Å². The molecule has 0 radical (unpaired) electrons. The third-order valence-corrected chi connectivity index (χ3v) is 6.17. The number of H-pyrrole nitrogens is 1. The van der Waals surface area contributed by atoms with Crippen molar-refractivity contribution in [2.75, 3.05) is 13.1 Å². The molecule has 0 fully saturated rings. The number of pyridine rings is 2. The quantitative estimate of drug-likeness (QED) is 0.435. The molecule has 35 heavy (non-hydrogen) atoms. The number of nitrogens with one attached hydrogen (secondary N) is 1. The zero-order chi connectivity index (χ0) is 24.7. The third-order valence-electron chi connectivity index (χ3n) is 6.17. The molecule has 1 amide bonds. The molecule has 0 aliphatic carbocycles. The molecule has 180 valence electrons. The Morgan fingerprint density at radius 2 is 1.97 bits per heavy atom. The summed E-state index contributed by atoms with van der Waals surface area (Å²) < 4.78 is 40.2. The van der Waals surface area contributed by atoms with Gasteiger partial charge in [-0.3, -0.25) is 4.79 Å². The Balaban J connectivity index is 1.40. The number of amides is 1. The van der Waals surface area contributed by atoms with Crippen molar-refractivity contribution in [1.82, 2.24) is 29.6 Å². The molecule has 4 aromatic rings. The van der Waals surface area contributed by atoms with Crippen molar-refractivity contribution in [2.45, 2.75) is 32.4 Å². The van der Waals surface area contributed by atoms with Crippen LogP contribution >= 0.6 is 0 Å². The number of carbonyl (C=O) groups is 1. The summed E-state index contributed by atoms with van der Waals surface area (Å²) in [4.78, 5) is 26.6. The van der Waals surface area contributed by atoms with E-state index in [1.165, 1.54) is 16.9 Å². The number of aromatic nitrogens is 5. The largest absolute Gasteiger partial charge is 0.417 e. The minimum Gasteiger partial charge on any atom is -0.346 e. The van der Waals surface area contributed by atoms with Gasteiger partial charge in [-0.25, -0.2) is 14.6 Å². The fraction of sp³-hybridized carbons (Fsp3) is 0.280. The molecule has 5 heterocycles. The maximum atomic E-state index is 13.4. The highest BCUT2D eigenvalue weighted by atomic mass is 19.4. The van der Waals surface area contributed by atoms with Gasteiger partial charge in [0.15, 0.2) is 5.82 Å². The number of carbonyl (C=O) groups excluding carboxylic acids is 1. The van der Waals surface area contributed by atoms with E-state index >= 15 is 0 Å². The van der Waals surface area contributed by atoms with Gasteiger partial charge in [-0.15, -0.1) is 0 Å². The molecule has 10 heteroatoms. The van der Waals surface area contributed by atoms with Crippen molar-refractivity contribution in [2.24, 2.45) is 0 Å². The summed E-state index contributed by atoms with van der Waals surface area (Å²) in [5.74, 6) is -0.0348. The lowest BCUT2D eigenvalue weighted by molar-refractivity contribution is -0.137. The average molecular weight is 480 g/mol. The predicted molar refractivity (Wildman–Crippen MR) is 125 cm³/mol. The maximum Gasteiger partial charge on any atom is 0.417 e. The van der Waals surface area contributed by atoms with Crippen LogP contribution in [0, 0.1) is 0 Å². The average Bonchev–Trinajstić information content (AvgIpc) is 3.48. The summed E-state index contributed by atoms with van der Waals surface area (Å²) in [6, 6.07) is 6.15. The van der Waals surface area contributed by atoms with Crippen molar-refractivity contribution in [3.05, 3.63) is 77.5 Å². The Bertz CT molecular complexity index is 1420. The molecule has 1 aliphatic heterocycles. The summed E-state index contributed by atoms with van der Waals surface area (Å²) >= 11 is 0. The Labute approximate surface area is 199 Å². The Morgan fingerprint density at radius 3 is 2.63 bits per heavy atom. The fourth-order valence-corrected chi connectivity index (χ4v) is 4.43. The SMILES string of the molecule is CC(C)c1c(C(=O)N2CC=C(c3c[nH]c4ncccc34)CC2)cnn1-c1ccc(C(F)(F)F)cn1. The van der Waals surface area contributed by atoms with Gasteiger partial charge in [0, 0.05) is 42.6 Å². The zero-order valence-corrected chi connectivity index (χ0v) is 19.2. The van der Waals surface area contributed by atoms with E-state index in [4.69, 9.17) is 0 Å². The van der Waals surface area contributed by atoms with Crippen LogP contribution in [0.5, 0.6) is 0 Å². The first-order valence-electron chi connectivity index (χ1n) is 11.3. The van der Waals surface area contributed by atoms with E-state index in [1.807, 2.05) is 38.3 Å². The van der Waals surface area contributed by atoms with Gasteiger partial charge in [0.25, 0.3) is 5.91 Å². The van der Waals surface area contributed by atoms with Crippen LogP contribution in [0.2, 0.25) is 0 Å². The van der Waals surface area contributed by atoms with Crippen LogP contribution in [0.25, 0.3) is 22.4 Å². The number of hydrogen-bond acceptors (Lipinski definition) is 4. The van der Waals surface area contributed by atoms with Crippen LogP contribution in [0.4, 0.5) is 13.2 Å². The maximum absolute atomic E-state index is 13.4. The zero-order valence-electron chi connectivity index (χ0n) is 19.2. The normalized spacial score (nSPS) is 14.6. The number of nitrogens with zero attached hydrogens (tertiary/aromatic N) is 5. The van der Waals surface area contributed by atoms with Crippen LogP contribution in [0.3, 0.4) is 0 Å². The molecule has 0 spiro atoms. The molecular weight excluding hydrogens is 457 g/mol. The standard InChI is InChI=1S/C25H23F3N6O/c1-15(2)22-20(14-32-34(22)21-6-5-17(12-30-21)25(26,27)28)24(35)33-10-7-16(8-11-33)19-13-31-23-18(19)4-3-9-29-23/h3-7,9,12-15H,8,10-11H2,1-2H3,(H,29,31). The van der Waals surface area contributed by atoms with E-state index in [0.29, 0.717) is 30.8 Å². The van der Waals surface area contributed by atoms with Gasteiger partial charge in [-0.05, 0) is 42.2 Å². The van der Waals surface area contributed by atoms with E-state index < -0.39 is 11.7 Å². The molecule has 0 saturated carbocycles. The molecule has 1 aliphatic rings. The topological polar surface area (TPSA) is 79.7 Å². The molecule has 1 N–H and O–H groups in total. The number of hydrogen-bond donors (Lipinski definition) is 1. The number of rotatable bonds is 4. The monoisotopic (exact) mass is 480 g/mol. The summed E-state index contributed by atoms with van der Waals surface area (Å²) in [5, 5.41) is 5.35. The van der Waals surface area contributed by atoms with E-state index in [2.05, 4.69) is 20.1 Å². The molecule has 4 aromatic heterocycles. The van der Waals surface area contributed by atoms with Gasteiger partial charge in [-0.1, -0.05) is 19.9 Å². The van der Waals surface area contributed by atoms with Gasteiger partial charge in [0.1, 0.15) is 5.65 Å². The third kappa shape index (κ3) is 4.20. The van der Waals surface area contributed by atoms with Gasteiger partial charge < -0.3 is 9.88 Å². The molecule has 0 unspecified atom stereocenters. The van der Waals surface area contributed by atoms with Crippen LogP contribution in [-0.2, 0) is 6.18 Å². The van der Waals surface area contributed by atoms with E-state index in [-0.39, 0.29) is 17.6 Å². The summed E-state index contributed by atoms with van der Waals surface area (Å²) in [5.41, 5.74) is 3.27. The first-order chi connectivity index (χ1) is 16.7. The van der Waals surface area contributed by atoms with Crippen molar-refractivity contribution >= 4 is 22.5 Å². The van der Waals surface area contributed by atoms with Crippen molar-refractivity contribution < 1.29 is 18.0 Å². The Morgan fingerprint density at radius 1 is 1.14 bits per heavy atom. The fourth-order valence-electron chi connectivity index (χ4n) is 4.43. The molecule has 7 nitrogen and oxygen atoms in total. The van der Waals surface area contributed by atoms with E-state index in [0.717, 1.165) is 34.4 Å². The Kier molecular flexibility index (Phi) is 5.66. The van der Waals surface area contributed by atoms with Crippen molar-refractivity contribution in [1.29, 1.82) is 0 Å². The van der Waals surface area contributed by atoms with Crippen LogP contribution in [0.15, 0.2) is 55.1 Å². The van der Waals surface area contributed by atoms with E-state index in [9.17, 15) is 18.0 Å². The highest BCUT2D eigenvalue weighted by Gasteiger charge is 2.31.